The molecule has 5 heteroatoms. The van der Waals surface area contributed by atoms with Crippen molar-refractivity contribution < 1.29 is 13.2 Å². The van der Waals surface area contributed by atoms with Gasteiger partial charge < -0.3 is 4.74 Å². The van der Waals surface area contributed by atoms with Crippen LogP contribution in [0.2, 0.25) is 0 Å². The van der Waals surface area contributed by atoms with E-state index in [0.717, 1.165) is 5.56 Å². The van der Waals surface area contributed by atoms with Crippen LogP contribution < -0.4 is 5.14 Å². The molecule has 0 spiro atoms. The highest BCUT2D eigenvalue weighted by Crippen LogP contribution is 2.21. The predicted octanol–water partition coefficient (Wildman–Crippen LogP) is 0.523. The van der Waals surface area contributed by atoms with Gasteiger partial charge >= 0.3 is 0 Å². The summed E-state index contributed by atoms with van der Waals surface area (Å²) in [6.07, 6.45) is 0.715. The van der Waals surface area contributed by atoms with Gasteiger partial charge in [0.2, 0.25) is 10.0 Å². The van der Waals surface area contributed by atoms with E-state index in [1.54, 1.807) is 18.2 Å². The number of benzene rings is 1. The molecule has 2 rings (SSSR count). The first-order valence-electron chi connectivity index (χ1n) is 4.76. The maximum atomic E-state index is 11.3. The van der Waals surface area contributed by atoms with Crippen LogP contribution in [0.4, 0.5) is 0 Å². The number of primary sulfonamides is 1. The molecule has 0 radical (unpaired) electrons. The molecule has 0 aromatic heterocycles. The quantitative estimate of drug-likeness (QED) is 0.818. The van der Waals surface area contributed by atoms with Crippen LogP contribution >= 0.6 is 0 Å². The summed E-state index contributed by atoms with van der Waals surface area (Å²) in [5.41, 5.74) is 0.785. The Hall–Kier alpha value is -0.910. The second-order valence-corrected chi connectivity index (χ2v) is 5.29. The Balaban J connectivity index is 2.29. The van der Waals surface area contributed by atoms with E-state index in [-0.39, 0.29) is 4.90 Å². The average molecular weight is 227 g/mol. The lowest BCUT2D eigenvalue weighted by Crippen LogP contribution is -2.30. The molecular weight excluding hydrogens is 214 g/mol. The van der Waals surface area contributed by atoms with Gasteiger partial charge in [-0.3, -0.25) is 0 Å². The highest BCUT2D eigenvalue weighted by molar-refractivity contribution is 7.89. The predicted molar refractivity (Wildman–Crippen MR) is 55.8 cm³/mol. The molecular formula is C10H13NO3S. The van der Waals surface area contributed by atoms with Gasteiger partial charge in [0, 0.05) is 5.92 Å². The Bertz CT molecular complexity index is 451. The molecule has 1 aliphatic heterocycles. The molecule has 0 amide bonds. The number of nitrogens with two attached hydrogens (primary N) is 1. The molecule has 0 bridgehead atoms. The van der Waals surface area contributed by atoms with Crippen LogP contribution in [0.3, 0.4) is 0 Å². The zero-order valence-corrected chi connectivity index (χ0v) is 9.03. The van der Waals surface area contributed by atoms with Crippen molar-refractivity contribution in [2.45, 2.75) is 11.3 Å². The van der Waals surface area contributed by atoms with Crippen LogP contribution in [0, 0.1) is 5.92 Å². The molecule has 1 saturated heterocycles. The van der Waals surface area contributed by atoms with Gasteiger partial charge in [-0.25, -0.2) is 13.6 Å². The smallest absolute Gasteiger partial charge is 0.238 e. The molecule has 0 saturated carbocycles. The highest BCUT2D eigenvalue weighted by atomic mass is 32.2. The van der Waals surface area contributed by atoms with Gasteiger partial charge in [0.25, 0.3) is 0 Å². The summed E-state index contributed by atoms with van der Waals surface area (Å²) in [6.45, 7) is 1.41. The number of hydrogen-bond donors (Lipinski definition) is 1. The zero-order valence-electron chi connectivity index (χ0n) is 8.22. The van der Waals surface area contributed by atoms with Gasteiger partial charge in [-0.05, 0) is 18.1 Å². The summed E-state index contributed by atoms with van der Waals surface area (Å²) >= 11 is 0. The van der Waals surface area contributed by atoms with Crippen molar-refractivity contribution in [1.29, 1.82) is 0 Å². The molecule has 15 heavy (non-hydrogen) atoms. The first kappa shape index (κ1) is 10.6. The second kappa shape index (κ2) is 3.92. The molecule has 0 unspecified atom stereocenters. The normalized spacial score (nSPS) is 17.4. The molecule has 1 heterocycles. The summed E-state index contributed by atoms with van der Waals surface area (Å²) in [5.74, 6) is 0.424. The van der Waals surface area contributed by atoms with Crippen molar-refractivity contribution >= 4 is 10.0 Å². The lowest BCUT2D eigenvalue weighted by atomic mass is 9.98. The van der Waals surface area contributed by atoms with Crippen molar-refractivity contribution in [3.8, 4) is 0 Å². The van der Waals surface area contributed by atoms with E-state index in [1.807, 2.05) is 6.07 Å². The fourth-order valence-corrected chi connectivity index (χ4v) is 2.45. The van der Waals surface area contributed by atoms with Gasteiger partial charge in [0.15, 0.2) is 0 Å². The Morgan fingerprint density at radius 3 is 2.53 bits per heavy atom. The molecule has 4 nitrogen and oxygen atoms in total. The molecule has 2 N–H and O–H groups in total. The third-order valence-corrected chi connectivity index (χ3v) is 3.51. The van der Waals surface area contributed by atoms with Crippen molar-refractivity contribution in [3.05, 3.63) is 29.8 Å². The fourth-order valence-electron chi connectivity index (χ4n) is 1.66. The maximum Gasteiger partial charge on any atom is 0.238 e. The SMILES string of the molecule is NS(=O)(=O)c1ccccc1CC1COC1. The van der Waals surface area contributed by atoms with Crippen molar-refractivity contribution in [3.63, 3.8) is 0 Å². The molecule has 1 aliphatic rings. The summed E-state index contributed by atoms with van der Waals surface area (Å²) in [6, 6.07) is 6.85. The average Bonchev–Trinajstić information content (AvgIpc) is 2.10. The third-order valence-electron chi connectivity index (χ3n) is 2.49. The number of sulfonamides is 1. The van der Waals surface area contributed by atoms with Crippen LogP contribution in [0.1, 0.15) is 5.56 Å². The minimum absolute atomic E-state index is 0.233. The second-order valence-electron chi connectivity index (χ2n) is 3.76. The van der Waals surface area contributed by atoms with E-state index in [9.17, 15) is 8.42 Å². The largest absolute Gasteiger partial charge is 0.381 e. The third kappa shape index (κ3) is 2.37. The monoisotopic (exact) mass is 227 g/mol. The first-order valence-corrected chi connectivity index (χ1v) is 6.30. The summed E-state index contributed by atoms with van der Waals surface area (Å²) in [5, 5.41) is 5.13. The Morgan fingerprint density at radius 2 is 2.00 bits per heavy atom. The van der Waals surface area contributed by atoms with E-state index in [2.05, 4.69) is 0 Å². The van der Waals surface area contributed by atoms with Crippen LogP contribution in [-0.4, -0.2) is 21.6 Å². The molecule has 1 aromatic carbocycles. The number of hydrogen-bond acceptors (Lipinski definition) is 3. The summed E-state index contributed by atoms with van der Waals surface area (Å²) in [7, 11) is -3.60. The number of ether oxygens (including phenoxy) is 1. The minimum atomic E-state index is -3.60. The van der Waals surface area contributed by atoms with Gasteiger partial charge in [0.05, 0.1) is 18.1 Å². The van der Waals surface area contributed by atoms with Crippen molar-refractivity contribution in [2.75, 3.05) is 13.2 Å². The van der Waals surface area contributed by atoms with Gasteiger partial charge in [-0.1, -0.05) is 18.2 Å². The fraction of sp³-hybridized carbons (Fsp3) is 0.400. The van der Waals surface area contributed by atoms with E-state index < -0.39 is 10.0 Å². The van der Waals surface area contributed by atoms with Gasteiger partial charge in [-0.15, -0.1) is 0 Å². The standard InChI is InChI=1S/C10H13NO3S/c11-15(12,13)10-4-2-1-3-9(10)5-8-6-14-7-8/h1-4,8H,5-7H2,(H2,11,12,13). The molecule has 82 valence electrons. The molecule has 0 aliphatic carbocycles. The maximum absolute atomic E-state index is 11.3. The zero-order chi connectivity index (χ0) is 10.9. The first-order chi connectivity index (χ1) is 7.07. The van der Waals surface area contributed by atoms with Gasteiger partial charge in [0.1, 0.15) is 0 Å². The van der Waals surface area contributed by atoms with E-state index >= 15 is 0 Å². The minimum Gasteiger partial charge on any atom is -0.381 e. The van der Waals surface area contributed by atoms with E-state index in [4.69, 9.17) is 9.88 Å². The Kier molecular flexibility index (Phi) is 2.77. The lowest BCUT2D eigenvalue weighted by Gasteiger charge is -2.26. The van der Waals surface area contributed by atoms with Crippen molar-refractivity contribution in [2.24, 2.45) is 11.1 Å². The van der Waals surface area contributed by atoms with Crippen LogP contribution in [0.15, 0.2) is 29.2 Å². The topological polar surface area (TPSA) is 69.4 Å². The van der Waals surface area contributed by atoms with Crippen LogP contribution in [0.25, 0.3) is 0 Å². The molecule has 1 aromatic rings. The summed E-state index contributed by atoms with van der Waals surface area (Å²) < 4.78 is 27.6. The van der Waals surface area contributed by atoms with Crippen molar-refractivity contribution in [1.82, 2.24) is 0 Å². The summed E-state index contributed by atoms with van der Waals surface area (Å²) in [4.78, 5) is 0.233. The lowest BCUT2D eigenvalue weighted by molar-refractivity contribution is -0.0315. The van der Waals surface area contributed by atoms with E-state index in [0.29, 0.717) is 25.6 Å². The Labute approximate surface area is 89.1 Å². The molecule has 1 fully saturated rings. The highest BCUT2D eigenvalue weighted by Gasteiger charge is 2.22. The number of rotatable bonds is 3. The van der Waals surface area contributed by atoms with Gasteiger partial charge in [-0.2, -0.15) is 0 Å². The molecule has 0 atom stereocenters. The van der Waals surface area contributed by atoms with Crippen LogP contribution in [0.5, 0.6) is 0 Å². The van der Waals surface area contributed by atoms with E-state index in [1.165, 1.54) is 0 Å². The Morgan fingerprint density at radius 1 is 1.33 bits per heavy atom. The van der Waals surface area contributed by atoms with Crippen LogP contribution in [-0.2, 0) is 21.2 Å².